The largest absolute Gasteiger partial charge is 0.494 e. The standard InChI is InChI=1S/C13H11Cl2N3O2/c1-2-20-9-5-3-8(4-6-9)12(19)17-11-7-10(14)16-13(15)18-11/h3-7H,2H2,1H3,(H,16,17,18,19). The summed E-state index contributed by atoms with van der Waals surface area (Å²) in [5.74, 6) is 0.630. The molecule has 0 spiro atoms. The lowest BCUT2D eigenvalue weighted by molar-refractivity contribution is 0.102. The molecule has 0 aliphatic heterocycles. The number of aromatic nitrogens is 2. The summed E-state index contributed by atoms with van der Waals surface area (Å²) >= 11 is 11.4. The summed E-state index contributed by atoms with van der Waals surface area (Å²) in [6.07, 6.45) is 0. The van der Waals surface area contributed by atoms with Crippen LogP contribution in [0.4, 0.5) is 5.82 Å². The van der Waals surface area contributed by atoms with E-state index < -0.39 is 0 Å². The van der Waals surface area contributed by atoms with Crippen LogP contribution in [0.1, 0.15) is 17.3 Å². The number of carbonyl (C=O) groups is 1. The number of halogens is 2. The van der Waals surface area contributed by atoms with Crippen LogP contribution >= 0.6 is 23.2 Å². The second kappa shape index (κ2) is 6.54. The molecule has 0 atom stereocenters. The lowest BCUT2D eigenvalue weighted by atomic mass is 10.2. The molecule has 0 saturated carbocycles. The number of amides is 1. The van der Waals surface area contributed by atoms with Crippen molar-refractivity contribution in [3.05, 3.63) is 46.3 Å². The molecule has 0 saturated heterocycles. The third-order valence-electron chi connectivity index (χ3n) is 2.34. The molecule has 0 aliphatic rings. The minimum atomic E-state index is -0.320. The molecular formula is C13H11Cl2N3O2. The third kappa shape index (κ3) is 3.82. The Morgan fingerprint density at radius 3 is 2.55 bits per heavy atom. The molecule has 20 heavy (non-hydrogen) atoms. The van der Waals surface area contributed by atoms with Gasteiger partial charge in [-0.15, -0.1) is 0 Å². The Morgan fingerprint density at radius 2 is 1.95 bits per heavy atom. The van der Waals surface area contributed by atoms with Crippen molar-refractivity contribution in [1.82, 2.24) is 9.97 Å². The van der Waals surface area contributed by atoms with E-state index in [-0.39, 0.29) is 22.2 Å². The van der Waals surface area contributed by atoms with E-state index in [1.54, 1.807) is 24.3 Å². The van der Waals surface area contributed by atoms with Gasteiger partial charge in [0.25, 0.3) is 5.91 Å². The van der Waals surface area contributed by atoms with Gasteiger partial charge in [-0.05, 0) is 42.8 Å². The molecule has 1 aromatic heterocycles. The van der Waals surface area contributed by atoms with Gasteiger partial charge in [-0.2, -0.15) is 0 Å². The summed E-state index contributed by atoms with van der Waals surface area (Å²) in [6.45, 7) is 2.46. The maximum atomic E-state index is 12.0. The zero-order valence-electron chi connectivity index (χ0n) is 10.6. The Labute approximate surface area is 125 Å². The van der Waals surface area contributed by atoms with Gasteiger partial charge in [-0.1, -0.05) is 11.6 Å². The molecule has 0 aliphatic carbocycles. The maximum absolute atomic E-state index is 12.0. The number of rotatable bonds is 4. The van der Waals surface area contributed by atoms with E-state index in [1.807, 2.05) is 6.92 Å². The summed E-state index contributed by atoms with van der Waals surface area (Å²) in [7, 11) is 0. The van der Waals surface area contributed by atoms with E-state index in [0.717, 1.165) is 0 Å². The Hall–Kier alpha value is -1.85. The van der Waals surface area contributed by atoms with Crippen LogP contribution < -0.4 is 10.1 Å². The molecule has 1 amide bonds. The van der Waals surface area contributed by atoms with Gasteiger partial charge >= 0.3 is 0 Å². The Bertz CT molecular complexity index is 597. The minimum Gasteiger partial charge on any atom is -0.494 e. The molecule has 7 heteroatoms. The zero-order chi connectivity index (χ0) is 14.5. The Kier molecular flexibility index (Phi) is 4.76. The molecule has 1 aromatic carbocycles. The van der Waals surface area contributed by atoms with Crippen molar-refractivity contribution < 1.29 is 9.53 Å². The second-order valence-corrected chi connectivity index (χ2v) is 4.48. The molecule has 104 valence electrons. The van der Waals surface area contributed by atoms with Gasteiger partial charge in [0.1, 0.15) is 16.7 Å². The predicted molar refractivity (Wildman–Crippen MR) is 77.6 cm³/mol. The number of anilines is 1. The summed E-state index contributed by atoms with van der Waals surface area (Å²) in [6, 6.07) is 8.17. The van der Waals surface area contributed by atoms with Crippen molar-refractivity contribution >= 4 is 34.9 Å². The van der Waals surface area contributed by atoms with Gasteiger partial charge in [0.05, 0.1) is 6.61 Å². The Balaban J connectivity index is 2.11. The monoisotopic (exact) mass is 311 g/mol. The topological polar surface area (TPSA) is 64.1 Å². The molecule has 0 radical (unpaired) electrons. The molecule has 2 rings (SSSR count). The first-order valence-electron chi connectivity index (χ1n) is 5.83. The van der Waals surface area contributed by atoms with Crippen LogP contribution in [0.5, 0.6) is 5.75 Å². The van der Waals surface area contributed by atoms with Gasteiger partial charge in [0, 0.05) is 11.6 Å². The quantitative estimate of drug-likeness (QED) is 0.694. The van der Waals surface area contributed by atoms with E-state index in [1.165, 1.54) is 6.07 Å². The van der Waals surface area contributed by atoms with Crippen molar-refractivity contribution in [3.8, 4) is 5.75 Å². The van der Waals surface area contributed by atoms with Crippen LogP contribution in [0.25, 0.3) is 0 Å². The smallest absolute Gasteiger partial charge is 0.256 e. The van der Waals surface area contributed by atoms with Gasteiger partial charge in [-0.25, -0.2) is 9.97 Å². The van der Waals surface area contributed by atoms with Gasteiger partial charge in [-0.3, -0.25) is 4.79 Å². The lowest BCUT2D eigenvalue weighted by Gasteiger charge is -2.06. The van der Waals surface area contributed by atoms with Crippen molar-refractivity contribution in [1.29, 1.82) is 0 Å². The predicted octanol–water partition coefficient (Wildman–Crippen LogP) is 3.43. The second-order valence-electron chi connectivity index (χ2n) is 3.76. The van der Waals surface area contributed by atoms with Crippen LogP contribution in [0.3, 0.4) is 0 Å². The maximum Gasteiger partial charge on any atom is 0.256 e. The zero-order valence-corrected chi connectivity index (χ0v) is 12.1. The average molecular weight is 312 g/mol. The van der Waals surface area contributed by atoms with Gasteiger partial charge < -0.3 is 10.1 Å². The van der Waals surface area contributed by atoms with E-state index in [4.69, 9.17) is 27.9 Å². The summed E-state index contributed by atoms with van der Waals surface area (Å²) in [5, 5.41) is 2.72. The highest BCUT2D eigenvalue weighted by molar-refractivity contribution is 6.32. The fourth-order valence-corrected chi connectivity index (χ4v) is 1.92. The van der Waals surface area contributed by atoms with Gasteiger partial charge in [0.2, 0.25) is 5.28 Å². The molecular weight excluding hydrogens is 301 g/mol. The molecule has 0 bridgehead atoms. The highest BCUT2D eigenvalue weighted by Gasteiger charge is 2.09. The molecule has 1 heterocycles. The minimum absolute atomic E-state index is 0.0282. The molecule has 0 unspecified atom stereocenters. The number of nitrogens with zero attached hydrogens (tertiary/aromatic N) is 2. The summed E-state index contributed by atoms with van der Waals surface area (Å²) in [5.41, 5.74) is 0.472. The first kappa shape index (κ1) is 14.6. The number of nitrogens with one attached hydrogen (secondary N) is 1. The van der Waals surface area contributed by atoms with Crippen LogP contribution in [-0.2, 0) is 0 Å². The van der Waals surface area contributed by atoms with Crippen molar-refractivity contribution in [2.75, 3.05) is 11.9 Å². The Morgan fingerprint density at radius 1 is 1.25 bits per heavy atom. The number of carbonyl (C=O) groups excluding carboxylic acids is 1. The molecule has 2 aromatic rings. The fraction of sp³-hybridized carbons (Fsp3) is 0.154. The average Bonchev–Trinajstić information content (AvgIpc) is 2.38. The van der Waals surface area contributed by atoms with E-state index in [0.29, 0.717) is 17.9 Å². The van der Waals surface area contributed by atoms with Crippen LogP contribution in [0.15, 0.2) is 30.3 Å². The fourth-order valence-electron chi connectivity index (χ4n) is 1.51. The number of ether oxygens (including phenoxy) is 1. The normalized spacial score (nSPS) is 10.2. The number of hydrogen-bond acceptors (Lipinski definition) is 4. The van der Waals surface area contributed by atoms with Crippen LogP contribution in [-0.4, -0.2) is 22.5 Å². The number of hydrogen-bond donors (Lipinski definition) is 1. The van der Waals surface area contributed by atoms with Gasteiger partial charge in [0.15, 0.2) is 0 Å². The molecule has 1 N–H and O–H groups in total. The number of benzene rings is 1. The van der Waals surface area contributed by atoms with Crippen molar-refractivity contribution in [3.63, 3.8) is 0 Å². The van der Waals surface area contributed by atoms with Crippen LogP contribution in [0, 0.1) is 0 Å². The highest BCUT2D eigenvalue weighted by Crippen LogP contribution is 2.16. The molecule has 0 fully saturated rings. The van der Waals surface area contributed by atoms with E-state index in [9.17, 15) is 4.79 Å². The first-order valence-corrected chi connectivity index (χ1v) is 6.58. The van der Waals surface area contributed by atoms with Crippen molar-refractivity contribution in [2.24, 2.45) is 0 Å². The van der Waals surface area contributed by atoms with Crippen LogP contribution in [0.2, 0.25) is 10.4 Å². The summed E-state index contributed by atoms with van der Waals surface area (Å²) < 4.78 is 5.30. The molecule has 5 nitrogen and oxygen atoms in total. The van der Waals surface area contributed by atoms with E-state index in [2.05, 4.69) is 15.3 Å². The highest BCUT2D eigenvalue weighted by atomic mass is 35.5. The lowest BCUT2D eigenvalue weighted by Crippen LogP contribution is -2.13. The first-order chi connectivity index (χ1) is 9.58. The van der Waals surface area contributed by atoms with E-state index >= 15 is 0 Å². The summed E-state index contributed by atoms with van der Waals surface area (Å²) in [4.78, 5) is 19.6. The third-order valence-corrected chi connectivity index (χ3v) is 2.70. The van der Waals surface area contributed by atoms with Crippen molar-refractivity contribution in [2.45, 2.75) is 6.92 Å². The SMILES string of the molecule is CCOc1ccc(C(=O)Nc2cc(Cl)nc(Cl)n2)cc1.